The maximum Gasteiger partial charge on any atom is 0.308 e. The van der Waals surface area contributed by atoms with Gasteiger partial charge in [0.25, 0.3) is 12.3 Å². The zero-order valence-corrected chi connectivity index (χ0v) is 23.4. The van der Waals surface area contributed by atoms with Crippen molar-refractivity contribution < 1.29 is 35.1 Å². The van der Waals surface area contributed by atoms with Crippen LogP contribution in [0.25, 0.3) is 22.6 Å². The number of methoxy groups -OCH3 is 1. The average Bonchev–Trinajstić information content (AvgIpc) is 3.64. The largest absolute Gasteiger partial charge is 0.375 e. The molecule has 0 aromatic carbocycles. The van der Waals surface area contributed by atoms with Gasteiger partial charge in [-0.3, -0.25) is 19.4 Å². The Bertz CT molecular complexity index is 1540. The summed E-state index contributed by atoms with van der Waals surface area (Å²) in [5.74, 6) is -2.94. The number of nitrogens with one attached hydrogen (secondary N) is 1. The Balaban J connectivity index is 1.30. The molecule has 1 amide bonds. The molecule has 0 bridgehead atoms. The summed E-state index contributed by atoms with van der Waals surface area (Å²) in [5, 5.41) is 59.5. The van der Waals surface area contributed by atoms with Crippen LogP contribution in [0.1, 0.15) is 37.7 Å². The standard InChI is InChI=1S/C26H32N10O7/c1-34-13-15(9-30-34)20-11-28-21(12-27-20)36(22(37)14-43-2)17-5-3-16(4-6-17)31-24-29-10-18(26(40,41)42)23(32-24)19-7-8-35(33-19)25(38)39/h7-13,16-17,25,38-42H,3-6,14H2,1-2H3,(H,29,31,32). The molecule has 17 heteroatoms. The summed E-state index contributed by atoms with van der Waals surface area (Å²) in [4.78, 5) is 32.2. The summed E-state index contributed by atoms with van der Waals surface area (Å²) in [7, 11) is 3.27. The molecule has 1 aliphatic rings. The first-order chi connectivity index (χ1) is 20.5. The van der Waals surface area contributed by atoms with Crippen molar-refractivity contribution in [1.29, 1.82) is 0 Å². The first kappa shape index (κ1) is 30.1. The van der Waals surface area contributed by atoms with E-state index < -0.39 is 18.0 Å². The van der Waals surface area contributed by atoms with Gasteiger partial charge in [0.2, 0.25) is 5.95 Å². The van der Waals surface area contributed by atoms with E-state index in [-0.39, 0.29) is 41.9 Å². The number of hydrogen-bond donors (Lipinski definition) is 6. The van der Waals surface area contributed by atoms with Crippen molar-refractivity contribution in [3.05, 3.63) is 48.8 Å². The number of anilines is 2. The van der Waals surface area contributed by atoms with Crippen LogP contribution < -0.4 is 10.2 Å². The quantitative estimate of drug-likeness (QED) is 0.126. The topological polar surface area (TPSA) is 230 Å². The zero-order chi connectivity index (χ0) is 30.7. The summed E-state index contributed by atoms with van der Waals surface area (Å²) < 4.78 is 7.61. The van der Waals surface area contributed by atoms with E-state index in [1.54, 1.807) is 28.2 Å². The molecule has 228 valence electrons. The predicted octanol–water partition coefficient (Wildman–Crippen LogP) is -0.539. The molecule has 0 aliphatic heterocycles. The van der Waals surface area contributed by atoms with Crippen molar-refractivity contribution in [2.45, 2.75) is 50.2 Å². The van der Waals surface area contributed by atoms with Crippen molar-refractivity contribution in [3.63, 3.8) is 0 Å². The van der Waals surface area contributed by atoms with Crippen LogP contribution in [0.2, 0.25) is 0 Å². The highest BCUT2D eigenvalue weighted by Crippen LogP contribution is 2.31. The van der Waals surface area contributed by atoms with Gasteiger partial charge in [-0.05, 0) is 31.7 Å². The van der Waals surface area contributed by atoms with Crippen molar-refractivity contribution in [1.82, 2.24) is 39.5 Å². The molecule has 4 aromatic heterocycles. The Morgan fingerprint density at radius 3 is 2.44 bits per heavy atom. The van der Waals surface area contributed by atoms with E-state index in [1.165, 1.54) is 19.4 Å². The van der Waals surface area contributed by atoms with Gasteiger partial charge in [0.1, 0.15) is 18.0 Å². The third kappa shape index (κ3) is 6.82. The van der Waals surface area contributed by atoms with E-state index in [1.807, 2.05) is 13.2 Å². The minimum Gasteiger partial charge on any atom is -0.375 e. The van der Waals surface area contributed by atoms with Crippen LogP contribution in [0, 0.1) is 0 Å². The third-order valence-corrected chi connectivity index (χ3v) is 7.05. The second kappa shape index (κ2) is 12.5. The molecule has 5 rings (SSSR count). The monoisotopic (exact) mass is 596 g/mol. The molecule has 0 spiro atoms. The van der Waals surface area contributed by atoms with Gasteiger partial charge in [0.05, 0.1) is 29.8 Å². The summed E-state index contributed by atoms with van der Waals surface area (Å²) in [5.41, 5.74) is 0.921. The SMILES string of the molecule is COCC(=O)N(c1cnc(-c2cnn(C)c2)cn1)C1CCC(Nc2ncc(C(O)(O)O)c(-c3ccn(C(O)O)n3)n2)CC1. The van der Waals surface area contributed by atoms with Gasteiger partial charge in [0, 0.05) is 50.4 Å². The number of aliphatic hydroxyl groups is 5. The Kier molecular flexibility index (Phi) is 8.71. The highest BCUT2D eigenvalue weighted by molar-refractivity contribution is 5.94. The first-order valence-electron chi connectivity index (χ1n) is 13.4. The van der Waals surface area contributed by atoms with Crippen LogP contribution in [-0.4, -0.2) is 96.7 Å². The number of rotatable bonds is 10. The van der Waals surface area contributed by atoms with Gasteiger partial charge in [-0.15, -0.1) is 0 Å². The summed E-state index contributed by atoms with van der Waals surface area (Å²) in [6.45, 7) is -0.113. The minimum atomic E-state index is -3.26. The van der Waals surface area contributed by atoms with Crippen LogP contribution in [0.4, 0.5) is 11.8 Å². The van der Waals surface area contributed by atoms with E-state index >= 15 is 0 Å². The molecule has 17 nitrogen and oxygen atoms in total. The van der Waals surface area contributed by atoms with Crippen molar-refractivity contribution in [2.75, 3.05) is 23.9 Å². The summed E-state index contributed by atoms with van der Waals surface area (Å²) in [6, 6.07) is 1.11. The molecule has 6 N–H and O–H groups in total. The fourth-order valence-corrected chi connectivity index (χ4v) is 5.01. The maximum absolute atomic E-state index is 13.1. The molecule has 4 aromatic rings. The smallest absolute Gasteiger partial charge is 0.308 e. The van der Waals surface area contributed by atoms with Crippen LogP contribution in [-0.2, 0) is 22.6 Å². The molecule has 1 fully saturated rings. The van der Waals surface area contributed by atoms with Crippen LogP contribution >= 0.6 is 0 Å². The summed E-state index contributed by atoms with van der Waals surface area (Å²) in [6.07, 6.45) is 9.58. The highest BCUT2D eigenvalue weighted by Gasteiger charge is 2.33. The highest BCUT2D eigenvalue weighted by atomic mass is 16.7. The Hall–Kier alpha value is -4.39. The zero-order valence-electron chi connectivity index (χ0n) is 23.4. The maximum atomic E-state index is 13.1. The second-order valence-corrected chi connectivity index (χ2v) is 10.1. The molecular formula is C26H32N10O7. The second-order valence-electron chi connectivity index (χ2n) is 10.1. The Morgan fingerprint density at radius 2 is 1.86 bits per heavy atom. The molecule has 0 radical (unpaired) electrons. The molecule has 0 saturated heterocycles. The number of aromatic nitrogens is 8. The number of ether oxygens (including phenoxy) is 1. The first-order valence-corrected chi connectivity index (χ1v) is 13.4. The fraction of sp³-hybridized carbons (Fsp3) is 0.423. The van der Waals surface area contributed by atoms with Gasteiger partial charge in [-0.25, -0.2) is 19.6 Å². The van der Waals surface area contributed by atoms with E-state index in [2.05, 4.69) is 35.5 Å². The number of nitrogens with zero attached hydrogens (tertiary/aromatic N) is 9. The molecule has 1 aliphatic carbocycles. The van der Waals surface area contributed by atoms with Crippen molar-refractivity contribution in [3.8, 4) is 22.6 Å². The number of carbonyl (C=O) groups excluding carboxylic acids is 1. The lowest BCUT2D eigenvalue weighted by Crippen LogP contribution is -2.46. The molecule has 0 unspecified atom stereocenters. The van der Waals surface area contributed by atoms with Crippen LogP contribution in [0.5, 0.6) is 0 Å². The van der Waals surface area contributed by atoms with E-state index in [9.17, 15) is 30.3 Å². The van der Waals surface area contributed by atoms with Crippen LogP contribution in [0.3, 0.4) is 0 Å². The molecule has 0 atom stereocenters. The molecule has 43 heavy (non-hydrogen) atoms. The lowest BCUT2D eigenvalue weighted by Gasteiger charge is -2.36. The van der Waals surface area contributed by atoms with Crippen molar-refractivity contribution in [2.24, 2.45) is 7.05 Å². The van der Waals surface area contributed by atoms with Gasteiger partial charge in [0.15, 0.2) is 5.82 Å². The lowest BCUT2D eigenvalue weighted by atomic mass is 9.90. The number of aliphatic hydroxyl groups excluding tert-OH is 1. The number of hydrogen-bond acceptors (Lipinski definition) is 14. The number of amides is 1. The fourth-order valence-electron chi connectivity index (χ4n) is 5.01. The Labute approximate surface area is 245 Å². The third-order valence-electron chi connectivity index (χ3n) is 7.05. The van der Waals surface area contributed by atoms with E-state index in [0.29, 0.717) is 37.2 Å². The van der Waals surface area contributed by atoms with Crippen LogP contribution in [0.15, 0.2) is 43.2 Å². The minimum absolute atomic E-state index is 0.0433. The van der Waals surface area contributed by atoms with E-state index in [0.717, 1.165) is 16.4 Å². The Morgan fingerprint density at radius 1 is 1.09 bits per heavy atom. The number of carbonyl (C=O) groups is 1. The van der Waals surface area contributed by atoms with Crippen molar-refractivity contribution >= 4 is 17.7 Å². The molecule has 4 heterocycles. The summed E-state index contributed by atoms with van der Waals surface area (Å²) >= 11 is 0. The van der Waals surface area contributed by atoms with Gasteiger partial charge in [-0.1, -0.05) is 0 Å². The van der Waals surface area contributed by atoms with Gasteiger partial charge >= 0.3 is 5.97 Å². The normalized spacial score (nSPS) is 17.3. The predicted molar refractivity (Wildman–Crippen MR) is 148 cm³/mol. The number of aryl methyl sites for hydroxylation is 1. The van der Waals surface area contributed by atoms with E-state index in [4.69, 9.17) is 4.74 Å². The average molecular weight is 597 g/mol. The molecular weight excluding hydrogens is 564 g/mol. The lowest BCUT2D eigenvalue weighted by molar-refractivity contribution is -0.323. The molecule has 1 saturated carbocycles. The van der Waals surface area contributed by atoms with Gasteiger partial charge < -0.3 is 35.6 Å². The van der Waals surface area contributed by atoms with Gasteiger partial charge in [-0.2, -0.15) is 10.2 Å².